The molecule has 0 aromatic heterocycles. The average Bonchev–Trinajstić information content (AvgIpc) is 2.20. The van der Waals surface area contributed by atoms with Crippen molar-refractivity contribution in [2.45, 2.75) is 6.10 Å². The van der Waals surface area contributed by atoms with Crippen LogP contribution in [0.3, 0.4) is 0 Å². The maximum Gasteiger partial charge on any atom is 0.165 e. The molecule has 0 saturated heterocycles. The number of methoxy groups -OCH3 is 2. The van der Waals surface area contributed by atoms with Crippen LogP contribution in [0.2, 0.25) is 0 Å². The van der Waals surface area contributed by atoms with Gasteiger partial charge in [0, 0.05) is 13.7 Å². The van der Waals surface area contributed by atoms with Crippen molar-refractivity contribution < 1.29 is 13.9 Å². The van der Waals surface area contributed by atoms with Crippen molar-refractivity contribution in [3.63, 3.8) is 0 Å². The van der Waals surface area contributed by atoms with Crippen LogP contribution in [0, 0.1) is 5.82 Å². The minimum atomic E-state index is -0.402. The maximum absolute atomic E-state index is 13.3. The van der Waals surface area contributed by atoms with Gasteiger partial charge in [0.1, 0.15) is 0 Å². The largest absolute Gasteiger partial charge is 0.494 e. The zero-order valence-corrected chi connectivity index (χ0v) is 8.29. The zero-order chi connectivity index (χ0) is 10.6. The second kappa shape index (κ2) is 4.93. The third kappa shape index (κ3) is 2.21. The molecule has 0 saturated carbocycles. The Kier molecular flexibility index (Phi) is 3.85. The quantitative estimate of drug-likeness (QED) is 0.798. The van der Waals surface area contributed by atoms with Crippen molar-refractivity contribution in [2.75, 3.05) is 20.8 Å². The van der Waals surface area contributed by atoms with E-state index in [1.807, 2.05) is 0 Å². The Morgan fingerprint density at radius 2 is 2.14 bits per heavy atom. The first-order valence-corrected chi connectivity index (χ1v) is 4.29. The molecule has 1 aromatic carbocycles. The normalized spacial score (nSPS) is 12.6. The second-order valence-corrected chi connectivity index (χ2v) is 2.85. The van der Waals surface area contributed by atoms with Gasteiger partial charge >= 0.3 is 0 Å². The summed E-state index contributed by atoms with van der Waals surface area (Å²) in [6.07, 6.45) is -0.268. The molecular formula is C10H14FNO2. The van der Waals surface area contributed by atoms with Gasteiger partial charge in [0.25, 0.3) is 0 Å². The summed E-state index contributed by atoms with van der Waals surface area (Å²) in [7, 11) is 2.97. The predicted molar refractivity (Wildman–Crippen MR) is 51.8 cm³/mol. The Morgan fingerprint density at radius 3 is 2.57 bits per heavy atom. The van der Waals surface area contributed by atoms with Gasteiger partial charge in [-0.25, -0.2) is 4.39 Å². The number of nitrogens with two attached hydrogens (primary N) is 1. The third-order valence-electron chi connectivity index (χ3n) is 2.05. The Labute approximate surface area is 82.6 Å². The Bertz CT molecular complexity index is 300. The number of benzene rings is 1. The molecule has 0 fully saturated rings. The molecule has 3 nitrogen and oxygen atoms in total. The topological polar surface area (TPSA) is 44.5 Å². The molecule has 1 atom stereocenters. The zero-order valence-electron chi connectivity index (χ0n) is 8.29. The SMILES string of the molecule is COc1ccc(C(CN)OC)cc1F. The van der Waals surface area contributed by atoms with Gasteiger partial charge in [0.15, 0.2) is 11.6 Å². The highest BCUT2D eigenvalue weighted by Crippen LogP contribution is 2.22. The van der Waals surface area contributed by atoms with Crippen molar-refractivity contribution in [1.29, 1.82) is 0 Å². The lowest BCUT2D eigenvalue weighted by Gasteiger charge is -2.13. The van der Waals surface area contributed by atoms with Crippen LogP contribution < -0.4 is 10.5 Å². The standard InChI is InChI=1S/C10H14FNO2/c1-13-9-4-3-7(5-8(9)11)10(6-12)14-2/h3-5,10H,6,12H2,1-2H3. The van der Waals surface area contributed by atoms with Crippen LogP contribution >= 0.6 is 0 Å². The molecule has 1 aromatic rings. The second-order valence-electron chi connectivity index (χ2n) is 2.85. The molecular weight excluding hydrogens is 185 g/mol. The van der Waals surface area contributed by atoms with Gasteiger partial charge in [-0.05, 0) is 17.7 Å². The van der Waals surface area contributed by atoms with Gasteiger partial charge < -0.3 is 15.2 Å². The first-order valence-electron chi connectivity index (χ1n) is 4.29. The van der Waals surface area contributed by atoms with Gasteiger partial charge in [-0.15, -0.1) is 0 Å². The van der Waals surface area contributed by atoms with Crippen LogP contribution in [0.1, 0.15) is 11.7 Å². The van der Waals surface area contributed by atoms with E-state index in [2.05, 4.69) is 0 Å². The minimum Gasteiger partial charge on any atom is -0.494 e. The first-order chi connectivity index (χ1) is 6.72. The van der Waals surface area contributed by atoms with Crippen LogP contribution in [0.25, 0.3) is 0 Å². The number of hydrogen-bond acceptors (Lipinski definition) is 3. The van der Waals surface area contributed by atoms with Gasteiger partial charge in [-0.2, -0.15) is 0 Å². The summed E-state index contributed by atoms with van der Waals surface area (Å²) < 4.78 is 23.1. The lowest BCUT2D eigenvalue weighted by molar-refractivity contribution is 0.110. The van der Waals surface area contributed by atoms with E-state index < -0.39 is 5.82 Å². The van der Waals surface area contributed by atoms with E-state index in [-0.39, 0.29) is 11.9 Å². The molecule has 0 amide bonds. The Hall–Kier alpha value is -1.13. The summed E-state index contributed by atoms with van der Waals surface area (Å²) in [5.74, 6) is -0.180. The van der Waals surface area contributed by atoms with Crippen molar-refractivity contribution in [3.05, 3.63) is 29.6 Å². The lowest BCUT2D eigenvalue weighted by Crippen LogP contribution is -2.14. The summed E-state index contributed by atoms with van der Waals surface area (Å²) >= 11 is 0. The van der Waals surface area contributed by atoms with Crippen LogP contribution in [-0.4, -0.2) is 20.8 Å². The minimum absolute atomic E-state index is 0.223. The van der Waals surface area contributed by atoms with Gasteiger partial charge in [0.05, 0.1) is 13.2 Å². The Morgan fingerprint density at radius 1 is 1.43 bits per heavy atom. The summed E-state index contributed by atoms with van der Waals surface area (Å²) in [4.78, 5) is 0. The monoisotopic (exact) mass is 199 g/mol. The molecule has 1 unspecified atom stereocenters. The molecule has 0 aliphatic rings. The third-order valence-corrected chi connectivity index (χ3v) is 2.05. The van der Waals surface area contributed by atoms with Crippen LogP contribution in [-0.2, 0) is 4.74 Å². The van der Waals surface area contributed by atoms with E-state index in [4.69, 9.17) is 15.2 Å². The van der Waals surface area contributed by atoms with Crippen molar-refractivity contribution >= 4 is 0 Å². The predicted octanol–water partition coefficient (Wildman–Crippen LogP) is 1.48. The van der Waals surface area contributed by atoms with Crippen molar-refractivity contribution in [3.8, 4) is 5.75 Å². The molecule has 14 heavy (non-hydrogen) atoms. The van der Waals surface area contributed by atoms with Crippen LogP contribution in [0.4, 0.5) is 4.39 Å². The highest BCUT2D eigenvalue weighted by atomic mass is 19.1. The molecule has 78 valence electrons. The van der Waals surface area contributed by atoms with Crippen LogP contribution in [0.5, 0.6) is 5.75 Å². The molecule has 1 rings (SSSR count). The summed E-state index contributed by atoms with van der Waals surface area (Å²) in [5, 5.41) is 0. The van der Waals surface area contributed by atoms with Gasteiger partial charge in [-0.1, -0.05) is 6.07 Å². The fourth-order valence-corrected chi connectivity index (χ4v) is 1.25. The molecule has 0 spiro atoms. The number of rotatable bonds is 4. The van der Waals surface area contributed by atoms with Crippen molar-refractivity contribution in [2.24, 2.45) is 5.73 Å². The molecule has 0 aliphatic heterocycles. The Balaban J connectivity index is 2.95. The fraction of sp³-hybridized carbons (Fsp3) is 0.400. The highest BCUT2D eigenvalue weighted by molar-refractivity contribution is 5.30. The summed E-state index contributed by atoms with van der Waals surface area (Å²) in [5.41, 5.74) is 6.17. The van der Waals surface area contributed by atoms with Gasteiger partial charge in [-0.3, -0.25) is 0 Å². The number of ether oxygens (including phenoxy) is 2. The number of hydrogen-bond donors (Lipinski definition) is 1. The molecule has 2 N–H and O–H groups in total. The van der Waals surface area contributed by atoms with E-state index in [1.54, 1.807) is 19.2 Å². The molecule has 0 aliphatic carbocycles. The number of halogens is 1. The maximum atomic E-state index is 13.3. The fourth-order valence-electron chi connectivity index (χ4n) is 1.25. The smallest absolute Gasteiger partial charge is 0.165 e. The highest BCUT2D eigenvalue weighted by Gasteiger charge is 2.11. The molecule has 0 heterocycles. The van der Waals surface area contributed by atoms with Gasteiger partial charge in [0.2, 0.25) is 0 Å². The first kappa shape index (κ1) is 10.9. The molecule has 0 radical (unpaired) electrons. The van der Waals surface area contributed by atoms with E-state index in [1.165, 1.54) is 13.2 Å². The van der Waals surface area contributed by atoms with E-state index >= 15 is 0 Å². The molecule has 4 heteroatoms. The van der Waals surface area contributed by atoms with E-state index in [0.29, 0.717) is 12.1 Å². The van der Waals surface area contributed by atoms with E-state index in [9.17, 15) is 4.39 Å². The van der Waals surface area contributed by atoms with Crippen LogP contribution in [0.15, 0.2) is 18.2 Å². The van der Waals surface area contributed by atoms with Crippen molar-refractivity contribution in [1.82, 2.24) is 0 Å². The summed E-state index contributed by atoms with van der Waals surface area (Å²) in [6, 6.07) is 4.68. The van der Waals surface area contributed by atoms with E-state index in [0.717, 1.165) is 0 Å². The lowest BCUT2D eigenvalue weighted by atomic mass is 10.1. The summed E-state index contributed by atoms with van der Waals surface area (Å²) in [6.45, 7) is 0.322. The average molecular weight is 199 g/mol. The molecule has 0 bridgehead atoms.